The van der Waals surface area contributed by atoms with Crippen molar-refractivity contribution in [2.24, 2.45) is 0 Å². The minimum absolute atomic E-state index is 0.264. The Morgan fingerprint density at radius 1 is 1.31 bits per heavy atom. The Kier molecular flexibility index (Phi) is 15.4. The highest BCUT2D eigenvalue weighted by Gasteiger charge is 1.83. The molecule has 0 rings (SSSR count). The molecule has 0 spiro atoms. The third kappa shape index (κ3) is 24.7. The molecule has 0 atom stereocenters. The van der Waals surface area contributed by atoms with Gasteiger partial charge in [0.2, 0.25) is 0 Å². The van der Waals surface area contributed by atoms with Gasteiger partial charge in [0.25, 0.3) is 0 Å². The van der Waals surface area contributed by atoms with Gasteiger partial charge in [0, 0.05) is 21.1 Å². The van der Waals surface area contributed by atoms with Gasteiger partial charge >= 0.3 is 5.97 Å². The van der Waals surface area contributed by atoms with E-state index >= 15 is 0 Å². The van der Waals surface area contributed by atoms with Gasteiger partial charge in [-0.1, -0.05) is 12.7 Å². The SMILES string of the molecule is C=CCOC(C)=O.COCCOC. The van der Waals surface area contributed by atoms with Crippen molar-refractivity contribution in [3.05, 3.63) is 12.7 Å². The molecule has 0 fully saturated rings. The van der Waals surface area contributed by atoms with Gasteiger partial charge in [-0.15, -0.1) is 0 Å². The van der Waals surface area contributed by atoms with Gasteiger partial charge in [0.05, 0.1) is 13.2 Å². The molecule has 0 aliphatic heterocycles. The van der Waals surface area contributed by atoms with E-state index in [0.29, 0.717) is 19.8 Å². The quantitative estimate of drug-likeness (QED) is 0.369. The first-order valence-electron chi connectivity index (χ1n) is 3.91. The van der Waals surface area contributed by atoms with Gasteiger partial charge in [0.15, 0.2) is 0 Å². The maximum Gasteiger partial charge on any atom is 0.302 e. The highest BCUT2D eigenvalue weighted by Crippen LogP contribution is 1.73. The number of ether oxygens (including phenoxy) is 3. The van der Waals surface area contributed by atoms with Crippen LogP contribution in [-0.2, 0) is 19.0 Å². The first-order chi connectivity index (χ1) is 6.18. The zero-order valence-electron chi connectivity index (χ0n) is 8.54. The smallest absolute Gasteiger partial charge is 0.302 e. The highest BCUT2D eigenvalue weighted by atomic mass is 16.5. The second kappa shape index (κ2) is 13.7. The maximum absolute atomic E-state index is 9.93. The van der Waals surface area contributed by atoms with Gasteiger partial charge in [-0.2, -0.15) is 0 Å². The van der Waals surface area contributed by atoms with Crippen molar-refractivity contribution in [3.8, 4) is 0 Å². The van der Waals surface area contributed by atoms with Crippen molar-refractivity contribution in [1.82, 2.24) is 0 Å². The highest BCUT2D eigenvalue weighted by molar-refractivity contribution is 5.65. The molecule has 0 aromatic carbocycles. The predicted molar refractivity (Wildman–Crippen MR) is 50.6 cm³/mol. The molecule has 0 bridgehead atoms. The van der Waals surface area contributed by atoms with Gasteiger partial charge in [0.1, 0.15) is 6.61 Å². The Labute approximate surface area is 79.5 Å². The second-order valence-corrected chi connectivity index (χ2v) is 2.08. The van der Waals surface area contributed by atoms with E-state index in [9.17, 15) is 4.79 Å². The van der Waals surface area contributed by atoms with Crippen molar-refractivity contribution < 1.29 is 19.0 Å². The van der Waals surface area contributed by atoms with E-state index < -0.39 is 0 Å². The summed E-state index contributed by atoms with van der Waals surface area (Å²) < 4.78 is 13.7. The van der Waals surface area contributed by atoms with Crippen LogP contribution in [0, 0.1) is 0 Å². The minimum Gasteiger partial charge on any atom is -0.462 e. The lowest BCUT2D eigenvalue weighted by molar-refractivity contribution is -0.139. The summed E-state index contributed by atoms with van der Waals surface area (Å²) >= 11 is 0. The van der Waals surface area contributed by atoms with E-state index in [1.54, 1.807) is 14.2 Å². The van der Waals surface area contributed by atoms with E-state index in [1.165, 1.54) is 13.0 Å². The number of methoxy groups -OCH3 is 2. The van der Waals surface area contributed by atoms with Crippen LogP contribution in [0.1, 0.15) is 6.92 Å². The lowest BCUT2D eigenvalue weighted by Crippen LogP contribution is -1.96. The van der Waals surface area contributed by atoms with Crippen LogP contribution in [0.3, 0.4) is 0 Å². The summed E-state index contributed by atoms with van der Waals surface area (Å²) in [6.07, 6.45) is 1.53. The summed E-state index contributed by atoms with van der Waals surface area (Å²) in [5, 5.41) is 0. The zero-order chi connectivity index (χ0) is 10.5. The molecule has 0 heterocycles. The molecule has 0 aromatic heterocycles. The molecule has 13 heavy (non-hydrogen) atoms. The Balaban J connectivity index is 0. The van der Waals surface area contributed by atoms with Crippen LogP contribution in [0.5, 0.6) is 0 Å². The molecule has 0 amide bonds. The average Bonchev–Trinajstić information content (AvgIpc) is 2.12. The van der Waals surface area contributed by atoms with Gasteiger partial charge in [-0.3, -0.25) is 4.79 Å². The molecular formula is C9H18O4. The van der Waals surface area contributed by atoms with Gasteiger partial charge in [-0.05, 0) is 0 Å². The maximum atomic E-state index is 9.93. The molecule has 0 aromatic rings. The number of carbonyl (C=O) groups excluding carboxylic acids is 1. The molecular weight excluding hydrogens is 172 g/mol. The van der Waals surface area contributed by atoms with Gasteiger partial charge < -0.3 is 14.2 Å². The van der Waals surface area contributed by atoms with E-state index in [0.717, 1.165) is 0 Å². The number of hydrogen-bond donors (Lipinski definition) is 0. The van der Waals surface area contributed by atoms with E-state index in [2.05, 4.69) is 20.8 Å². The Morgan fingerprint density at radius 2 is 1.77 bits per heavy atom. The third-order valence-electron chi connectivity index (χ3n) is 0.896. The van der Waals surface area contributed by atoms with Crippen LogP contribution < -0.4 is 0 Å². The molecule has 0 N–H and O–H groups in total. The van der Waals surface area contributed by atoms with Crippen molar-refractivity contribution >= 4 is 5.97 Å². The van der Waals surface area contributed by atoms with Crippen molar-refractivity contribution in [2.45, 2.75) is 6.92 Å². The monoisotopic (exact) mass is 190 g/mol. The normalized spacial score (nSPS) is 8.23. The minimum atomic E-state index is -0.264. The summed E-state index contributed by atoms with van der Waals surface area (Å²) in [7, 11) is 3.30. The molecule has 0 aliphatic carbocycles. The molecule has 0 saturated carbocycles. The Morgan fingerprint density at radius 3 is 1.92 bits per heavy atom. The Bertz CT molecular complexity index is 119. The fraction of sp³-hybridized carbons (Fsp3) is 0.667. The fourth-order valence-corrected chi connectivity index (χ4v) is 0.343. The van der Waals surface area contributed by atoms with Crippen molar-refractivity contribution in [2.75, 3.05) is 34.0 Å². The van der Waals surface area contributed by atoms with E-state index in [1.807, 2.05) is 0 Å². The lowest BCUT2D eigenvalue weighted by Gasteiger charge is -1.91. The van der Waals surface area contributed by atoms with E-state index in [4.69, 9.17) is 0 Å². The third-order valence-corrected chi connectivity index (χ3v) is 0.896. The number of carbonyl (C=O) groups is 1. The summed E-state index contributed by atoms with van der Waals surface area (Å²) in [6, 6.07) is 0. The van der Waals surface area contributed by atoms with E-state index in [-0.39, 0.29) is 5.97 Å². The summed E-state index contributed by atoms with van der Waals surface area (Å²) in [6.45, 7) is 6.42. The first-order valence-corrected chi connectivity index (χ1v) is 3.91. The van der Waals surface area contributed by atoms with Crippen molar-refractivity contribution in [3.63, 3.8) is 0 Å². The summed E-state index contributed by atoms with van der Waals surface area (Å²) in [5.74, 6) is -0.264. The lowest BCUT2D eigenvalue weighted by atomic mass is 10.7. The predicted octanol–water partition coefficient (Wildman–Crippen LogP) is 1.01. The van der Waals surface area contributed by atoms with Crippen LogP contribution in [0.15, 0.2) is 12.7 Å². The molecule has 0 radical (unpaired) electrons. The van der Waals surface area contributed by atoms with Crippen LogP contribution in [0.25, 0.3) is 0 Å². The van der Waals surface area contributed by atoms with Crippen molar-refractivity contribution in [1.29, 1.82) is 0 Å². The second-order valence-electron chi connectivity index (χ2n) is 2.08. The largest absolute Gasteiger partial charge is 0.462 e. The summed E-state index contributed by atoms with van der Waals surface area (Å²) in [5.41, 5.74) is 0. The van der Waals surface area contributed by atoms with Crippen LogP contribution in [-0.4, -0.2) is 40.0 Å². The number of rotatable bonds is 5. The molecule has 4 nitrogen and oxygen atoms in total. The van der Waals surface area contributed by atoms with Crippen LogP contribution >= 0.6 is 0 Å². The summed E-state index contributed by atoms with van der Waals surface area (Å²) in [4.78, 5) is 9.93. The number of esters is 1. The standard InChI is InChI=1S/C5H8O2.C4H10O2/c1-3-4-7-5(2)6;1-5-3-4-6-2/h3H,1,4H2,2H3;3-4H2,1-2H3. The number of hydrogen-bond acceptors (Lipinski definition) is 4. The molecule has 4 heteroatoms. The topological polar surface area (TPSA) is 44.8 Å². The molecule has 78 valence electrons. The fourth-order valence-electron chi connectivity index (χ4n) is 0.343. The van der Waals surface area contributed by atoms with Gasteiger partial charge in [-0.25, -0.2) is 0 Å². The average molecular weight is 190 g/mol. The first kappa shape index (κ1) is 14.6. The zero-order valence-corrected chi connectivity index (χ0v) is 8.54. The molecule has 0 saturated heterocycles. The molecule has 0 aliphatic rings. The van der Waals surface area contributed by atoms with Crippen LogP contribution in [0.2, 0.25) is 0 Å². The Hall–Kier alpha value is -0.870. The molecule has 0 unspecified atom stereocenters. The van der Waals surface area contributed by atoms with Crippen LogP contribution in [0.4, 0.5) is 0 Å².